The van der Waals surface area contributed by atoms with Crippen molar-refractivity contribution in [3.8, 4) is 0 Å². The van der Waals surface area contributed by atoms with Crippen LogP contribution in [-0.2, 0) is 26.2 Å². The maximum Gasteiger partial charge on any atom is 4.00 e. The van der Waals surface area contributed by atoms with Gasteiger partial charge < -0.3 is 30.2 Å². The molecule has 0 heterocycles. The van der Waals surface area contributed by atoms with Crippen molar-refractivity contribution in [2.24, 2.45) is 4.99 Å². The summed E-state index contributed by atoms with van der Waals surface area (Å²) in [6.45, 7) is 35.3. The number of hydrogen-bond donors (Lipinski definition) is 0. The molecule has 0 aliphatic rings. The third-order valence-corrected chi connectivity index (χ3v) is 11.8. The fraction of sp³-hybridized carbons (Fsp3) is 0.618. The zero-order valence-electron chi connectivity index (χ0n) is 30.8. The second kappa shape index (κ2) is 22.4. The minimum Gasteiger partial charge on any atom is -0.664 e. The van der Waals surface area contributed by atoms with E-state index < -0.39 is 32.6 Å². The molecule has 0 N–H and O–H groups in total. The Hall–Kier alpha value is -0.286. The second-order valence-electron chi connectivity index (χ2n) is 14.8. The SMILES string of the molecule is CC(C)N=C([N-]C(C)C)P(c1ccccc1)c1ccccc1.C[Si](C)(C)[N-]CCN(CC[N-][Si](C)(C)C)CC[N-][Si](C)(C)C.[Zr+4]. The van der Waals surface area contributed by atoms with Crippen molar-refractivity contribution in [3.05, 3.63) is 80.9 Å². The molecule has 2 rings (SSSR count). The average molecular weight is 762 g/mol. The van der Waals surface area contributed by atoms with E-state index >= 15 is 0 Å². The Labute approximate surface area is 302 Å². The van der Waals surface area contributed by atoms with Gasteiger partial charge in [0.25, 0.3) is 0 Å². The average Bonchev–Trinajstić information content (AvgIpc) is 2.87. The Kier molecular flexibility index (Phi) is 22.2. The Balaban J connectivity index is 0.000000842. The Morgan fingerprint density at radius 1 is 0.622 bits per heavy atom. The fourth-order valence-electron chi connectivity index (χ4n) is 4.06. The number of hydrogen-bond acceptors (Lipinski definition) is 2. The quantitative estimate of drug-likeness (QED) is 0.0685. The monoisotopic (exact) mass is 760 g/mol. The summed E-state index contributed by atoms with van der Waals surface area (Å²) < 4.78 is 0. The molecule has 0 bridgehead atoms. The first-order valence-electron chi connectivity index (χ1n) is 16.3. The molecule has 0 aliphatic heterocycles. The number of nitrogens with zero attached hydrogens (tertiary/aromatic N) is 6. The first-order chi connectivity index (χ1) is 20.4. The van der Waals surface area contributed by atoms with E-state index in [0.717, 1.165) is 44.8 Å². The van der Waals surface area contributed by atoms with Crippen LogP contribution in [0.4, 0.5) is 0 Å². The molecule has 2 aromatic rings. The number of aliphatic imine (C=N–C) groups is 1. The molecule has 0 fully saturated rings. The Morgan fingerprint density at radius 2 is 0.956 bits per heavy atom. The number of amidine groups is 1. The molecule has 0 unspecified atom stereocenters. The molecule has 0 spiro atoms. The molecule has 2 aromatic carbocycles. The summed E-state index contributed by atoms with van der Waals surface area (Å²) in [5.41, 5.74) is 0.984. The molecule has 0 aromatic heterocycles. The van der Waals surface area contributed by atoms with Crippen LogP contribution in [-0.4, -0.2) is 86.5 Å². The van der Waals surface area contributed by atoms with Gasteiger partial charge in [-0.05, 0) is 50.2 Å². The predicted molar refractivity (Wildman–Crippen MR) is 211 cm³/mol. The van der Waals surface area contributed by atoms with Crippen molar-refractivity contribution < 1.29 is 26.2 Å². The van der Waals surface area contributed by atoms with E-state index in [1.165, 1.54) is 10.6 Å². The molecular weight excluding hydrogens is 699 g/mol. The topological polar surface area (TPSA) is 72.0 Å². The summed E-state index contributed by atoms with van der Waals surface area (Å²) in [5.74, 6) is 0. The van der Waals surface area contributed by atoms with Gasteiger partial charge in [-0.1, -0.05) is 178 Å². The number of rotatable bonds is 17. The summed E-state index contributed by atoms with van der Waals surface area (Å²) in [6.07, 6.45) is 0. The minimum absolute atomic E-state index is 0. The summed E-state index contributed by atoms with van der Waals surface area (Å²) in [4.78, 5) is 21.9. The van der Waals surface area contributed by atoms with Crippen LogP contribution in [0.3, 0.4) is 0 Å². The van der Waals surface area contributed by atoms with E-state index in [4.69, 9.17) is 25.3 Å². The predicted octanol–water partition coefficient (Wildman–Crippen LogP) is 9.58. The van der Waals surface area contributed by atoms with Crippen LogP contribution in [0, 0.1) is 0 Å². The van der Waals surface area contributed by atoms with Crippen molar-refractivity contribution >= 4 is 48.8 Å². The largest absolute Gasteiger partial charge is 4.00 e. The van der Waals surface area contributed by atoms with Crippen LogP contribution in [0.15, 0.2) is 65.7 Å². The molecule has 0 atom stereocenters. The van der Waals surface area contributed by atoms with Crippen LogP contribution in [0.1, 0.15) is 27.7 Å². The molecule has 250 valence electrons. The standard InChI is InChI=1S/C19H24N2P.C15H39N4Si3.Zr/c1-15(2)20-19(21-16(3)4)22(17-11-7-5-8-12-17)18-13-9-6-10-14-18;1-20(2,3)16-10-13-19(14-11-17-21(4,5)6)15-12-18-22(7,8)9;/h5-16H,1-4H3;10-15H2,1-9H3;/q-1;-3;+4. The molecule has 0 saturated carbocycles. The van der Waals surface area contributed by atoms with Gasteiger partial charge in [0.05, 0.1) is 0 Å². The minimum atomic E-state index is -1.28. The van der Waals surface area contributed by atoms with Crippen LogP contribution < -0.4 is 10.6 Å². The first-order valence-corrected chi connectivity index (χ1v) is 28.0. The van der Waals surface area contributed by atoms with Crippen LogP contribution >= 0.6 is 7.92 Å². The van der Waals surface area contributed by atoms with Gasteiger partial charge in [-0.25, -0.2) is 0 Å². The molecule has 0 radical (unpaired) electrons. The van der Waals surface area contributed by atoms with E-state index in [2.05, 4.69) is 152 Å². The van der Waals surface area contributed by atoms with Crippen LogP contribution in [0.25, 0.3) is 20.3 Å². The molecule has 0 amide bonds. The van der Waals surface area contributed by atoms with E-state index in [9.17, 15) is 0 Å². The number of benzene rings is 2. The van der Waals surface area contributed by atoms with Crippen molar-refractivity contribution in [3.63, 3.8) is 0 Å². The van der Waals surface area contributed by atoms with Crippen LogP contribution in [0.5, 0.6) is 0 Å². The second-order valence-corrected chi connectivity index (χ2v) is 30.8. The fourth-order valence-corrected chi connectivity index (χ4v) is 8.77. The van der Waals surface area contributed by atoms with Gasteiger partial charge >= 0.3 is 26.2 Å². The molecule has 0 saturated heterocycles. The zero-order valence-corrected chi connectivity index (χ0v) is 37.2. The maximum absolute atomic E-state index is 4.86. The van der Waals surface area contributed by atoms with Gasteiger partial charge in [0.1, 0.15) is 0 Å². The normalized spacial score (nSPS) is 12.8. The molecular formula is C34H63N6PSi3Zr. The van der Waals surface area contributed by atoms with Gasteiger partial charge in [-0.3, -0.25) is 0 Å². The van der Waals surface area contributed by atoms with Crippen LogP contribution in [0.2, 0.25) is 58.9 Å². The smallest absolute Gasteiger partial charge is 0.664 e. The summed E-state index contributed by atoms with van der Waals surface area (Å²) in [6, 6.07) is 21.7. The zero-order chi connectivity index (χ0) is 33.4. The van der Waals surface area contributed by atoms with Crippen molar-refractivity contribution in [2.75, 3.05) is 39.3 Å². The summed E-state index contributed by atoms with van der Waals surface area (Å²) in [5, 5.41) is 7.45. The molecule has 0 aliphatic carbocycles. The van der Waals surface area contributed by atoms with Gasteiger partial charge in [-0.2, -0.15) is 0 Å². The van der Waals surface area contributed by atoms with Gasteiger partial charge in [-0.15, -0.1) is 19.6 Å². The molecule has 45 heavy (non-hydrogen) atoms. The van der Waals surface area contributed by atoms with E-state index in [0.29, 0.717) is 0 Å². The van der Waals surface area contributed by atoms with Crippen molar-refractivity contribution in [1.29, 1.82) is 0 Å². The summed E-state index contributed by atoms with van der Waals surface area (Å²) in [7, 11) is -4.54. The first kappa shape index (κ1) is 44.7. The maximum atomic E-state index is 4.86. The van der Waals surface area contributed by atoms with E-state index in [1.54, 1.807) is 0 Å². The third-order valence-electron chi connectivity index (χ3n) is 5.98. The van der Waals surface area contributed by atoms with Gasteiger partial charge in [0, 0.05) is 0 Å². The van der Waals surface area contributed by atoms with E-state index in [1.807, 2.05) is 0 Å². The van der Waals surface area contributed by atoms with E-state index in [-0.39, 0.29) is 38.3 Å². The third kappa shape index (κ3) is 23.6. The van der Waals surface area contributed by atoms with Gasteiger partial charge in [0.15, 0.2) is 0 Å². The van der Waals surface area contributed by atoms with Gasteiger partial charge in [0.2, 0.25) is 0 Å². The Bertz CT molecular complexity index is 969. The van der Waals surface area contributed by atoms with Crippen molar-refractivity contribution in [2.45, 2.75) is 98.7 Å². The Morgan fingerprint density at radius 3 is 1.22 bits per heavy atom. The molecule has 11 heteroatoms. The molecule has 6 nitrogen and oxygen atoms in total. The summed E-state index contributed by atoms with van der Waals surface area (Å²) >= 11 is 0. The van der Waals surface area contributed by atoms with Crippen molar-refractivity contribution in [1.82, 2.24) is 4.90 Å².